The zero-order valence-corrected chi connectivity index (χ0v) is 32.1. The molecule has 4 aliphatic heterocycles. The fourth-order valence-corrected chi connectivity index (χ4v) is 10.8. The number of halogens is 4. The van der Waals surface area contributed by atoms with Gasteiger partial charge in [-0.05, 0) is 91.2 Å². The van der Waals surface area contributed by atoms with Crippen LogP contribution in [0.25, 0.3) is 32.1 Å². The number of hydrogen-bond donors (Lipinski definition) is 1. The van der Waals surface area contributed by atoms with Gasteiger partial charge >= 0.3 is 6.01 Å². The van der Waals surface area contributed by atoms with Gasteiger partial charge in [-0.25, -0.2) is 13.2 Å². The largest absolute Gasteiger partial charge is 0.461 e. The van der Waals surface area contributed by atoms with E-state index < -0.39 is 23.3 Å². The van der Waals surface area contributed by atoms with E-state index in [-0.39, 0.29) is 60.3 Å². The second-order valence-corrected chi connectivity index (χ2v) is 17.2. The molecule has 6 heterocycles. The number of aromatic nitrogens is 2. The van der Waals surface area contributed by atoms with Gasteiger partial charge in [0.1, 0.15) is 41.0 Å². The van der Waals surface area contributed by atoms with Crippen molar-refractivity contribution in [2.45, 2.75) is 50.2 Å². The Kier molecular flexibility index (Phi) is 9.43. The van der Waals surface area contributed by atoms with Crippen LogP contribution in [0, 0.1) is 34.7 Å². The van der Waals surface area contributed by atoms with Gasteiger partial charge in [0.2, 0.25) is 0 Å². The van der Waals surface area contributed by atoms with E-state index >= 15 is 8.78 Å². The van der Waals surface area contributed by atoms with Gasteiger partial charge in [0, 0.05) is 47.8 Å². The molecule has 53 heavy (non-hydrogen) atoms. The Bertz CT molecular complexity index is 2110. The van der Waals surface area contributed by atoms with Crippen molar-refractivity contribution in [2.24, 2.45) is 5.41 Å². The molecule has 282 valence electrons. The Labute approximate surface area is 316 Å². The van der Waals surface area contributed by atoms with Crippen LogP contribution in [0.2, 0.25) is 5.02 Å². The summed E-state index contributed by atoms with van der Waals surface area (Å²) in [7, 11) is 8.21. The number of anilines is 2. The topological polar surface area (TPSA) is 101 Å². The number of nitriles is 1. The highest BCUT2D eigenvalue weighted by atomic mass is 35.5. The maximum atomic E-state index is 17.3. The summed E-state index contributed by atoms with van der Waals surface area (Å²) in [5.74, 6) is -0.768. The number of hydrogen-bond acceptors (Lipinski definition) is 11. The second kappa shape index (κ2) is 13.7. The first-order valence-electron chi connectivity index (χ1n) is 18.2. The van der Waals surface area contributed by atoms with Crippen LogP contribution < -0.4 is 15.4 Å². The molecule has 2 aromatic carbocycles. The number of fused-ring (bicyclic) bond motifs is 3. The van der Waals surface area contributed by atoms with Crippen molar-refractivity contribution in [1.82, 2.24) is 29.6 Å². The molecule has 0 aliphatic carbocycles. The number of benzene rings is 2. The van der Waals surface area contributed by atoms with E-state index in [0.717, 1.165) is 69.4 Å². The zero-order valence-electron chi connectivity index (χ0n) is 30.5. The van der Waals surface area contributed by atoms with Crippen LogP contribution in [0.5, 0.6) is 6.01 Å². The third kappa shape index (κ3) is 6.17. The molecular weight excluding hydrogens is 723 g/mol. The van der Waals surface area contributed by atoms with Crippen LogP contribution in [0.4, 0.5) is 24.0 Å². The van der Waals surface area contributed by atoms with E-state index in [1.54, 1.807) is 6.07 Å². The molecule has 4 aliphatic rings. The lowest BCUT2D eigenvalue weighted by atomic mass is 9.75. The summed E-state index contributed by atoms with van der Waals surface area (Å²) in [5.41, 5.74) is 5.97. The average molecular weight is 767 g/mol. The number of ether oxygens (including phenoxy) is 1. The molecule has 0 saturated carbocycles. The fraction of sp³-hybridized carbons (Fsp3) is 0.526. The SMILES string of the molecule is CN(C)[C-](N(C)C)N1CC2(CCCCN(c3nc(OC[C@@]45CCCN4C[C@H](F)C5)nc4c(F)c(-c5ccc(F)c6sc(N)c(C#N)c56)c(Cl)cc34)C2)C1. The Morgan fingerprint density at radius 1 is 1.09 bits per heavy atom. The predicted octanol–water partition coefficient (Wildman–Crippen LogP) is 6.71. The monoisotopic (exact) mass is 766 g/mol. The van der Waals surface area contributed by atoms with Crippen molar-refractivity contribution in [3.05, 3.63) is 46.7 Å². The molecule has 2 aromatic heterocycles. The lowest BCUT2D eigenvalue weighted by Crippen LogP contribution is -2.65. The fourth-order valence-electron chi connectivity index (χ4n) is 9.54. The molecule has 4 fully saturated rings. The highest BCUT2D eigenvalue weighted by Crippen LogP contribution is 2.48. The third-order valence-corrected chi connectivity index (χ3v) is 12.9. The maximum absolute atomic E-state index is 17.3. The van der Waals surface area contributed by atoms with Crippen LogP contribution in [-0.4, -0.2) is 115 Å². The first kappa shape index (κ1) is 36.5. The molecule has 10 nitrogen and oxygen atoms in total. The number of nitrogens with two attached hydrogens (primary N) is 1. The Morgan fingerprint density at radius 3 is 2.60 bits per heavy atom. The summed E-state index contributed by atoms with van der Waals surface area (Å²) in [6.45, 7) is 4.51. The summed E-state index contributed by atoms with van der Waals surface area (Å²) in [6, 6.07) is 6.40. The lowest BCUT2D eigenvalue weighted by molar-refractivity contribution is -0.0576. The van der Waals surface area contributed by atoms with Gasteiger partial charge in [-0.1, -0.05) is 24.1 Å². The number of rotatable bonds is 8. The van der Waals surface area contributed by atoms with Gasteiger partial charge in [-0.2, -0.15) is 15.2 Å². The summed E-state index contributed by atoms with van der Waals surface area (Å²) in [4.78, 5) is 20.7. The van der Waals surface area contributed by atoms with Crippen molar-refractivity contribution < 1.29 is 17.9 Å². The standard InChI is InChI=1S/C38H44ClF3N9OS/c1-47(2)36(48(3)4)50-19-37(20-50)10-5-6-12-49(18-37)34-24-14-26(39)29(23-8-9-27(41)32-28(23)25(16-43)33(44)53-32)30(42)31(24)45-35(46-34)52-21-38-11-7-13-51(38)17-22(40)15-38/h8-9,14,22H,5-7,10-13,15,17-21,44H2,1-4H3/q-1/t22-,38+/m1/s1. The molecule has 2 atom stereocenters. The number of nitrogen functional groups attached to an aromatic ring is 1. The van der Waals surface area contributed by atoms with E-state index in [2.05, 4.69) is 63.7 Å². The predicted molar refractivity (Wildman–Crippen MR) is 204 cm³/mol. The third-order valence-electron chi connectivity index (χ3n) is 11.6. The van der Waals surface area contributed by atoms with Crippen LogP contribution in [0.15, 0.2) is 18.2 Å². The van der Waals surface area contributed by atoms with Gasteiger partial charge < -0.3 is 30.1 Å². The van der Waals surface area contributed by atoms with E-state index in [1.165, 1.54) is 12.1 Å². The number of nitrogens with zero attached hydrogens (tertiary/aromatic N) is 8. The minimum absolute atomic E-state index is 0.00326. The summed E-state index contributed by atoms with van der Waals surface area (Å²) in [5, 5.41) is 10.8. The zero-order chi connectivity index (χ0) is 37.4. The molecule has 0 unspecified atom stereocenters. The van der Waals surface area contributed by atoms with Crippen molar-refractivity contribution in [1.29, 1.82) is 5.26 Å². The van der Waals surface area contributed by atoms with E-state index in [4.69, 9.17) is 27.1 Å². The summed E-state index contributed by atoms with van der Waals surface area (Å²) >= 11 is 7.93. The minimum Gasteiger partial charge on any atom is -0.461 e. The molecule has 1 spiro atoms. The average Bonchev–Trinajstić information content (AvgIpc) is 3.67. The van der Waals surface area contributed by atoms with Crippen molar-refractivity contribution in [3.8, 4) is 23.2 Å². The highest BCUT2D eigenvalue weighted by Gasteiger charge is 2.49. The molecule has 4 saturated heterocycles. The first-order chi connectivity index (χ1) is 25.3. The van der Waals surface area contributed by atoms with Crippen LogP contribution in [0.3, 0.4) is 0 Å². The molecule has 0 radical (unpaired) electrons. The van der Waals surface area contributed by atoms with Crippen molar-refractivity contribution >= 4 is 54.7 Å². The quantitative estimate of drug-likeness (QED) is 0.195. The van der Waals surface area contributed by atoms with Crippen LogP contribution in [0.1, 0.15) is 44.1 Å². The minimum atomic E-state index is -0.931. The molecule has 15 heteroatoms. The molecule has 4 aromatic rings. The molecular formula is C38H44ClF3N9OS-. The Hall–Kier alpha value is -3.45. The van der Waals surface area contributed by atoms with Gasteiger partial charge in [0.15, 0.2) is 5.82 Å². The van der Waals surface area contributed by atoms with Crippen molar-refractivity contribution in [3.63, 3.8) is 0 Å². The summed E-state index contributed by atoms with van der Waals surface area (Å²) in [6.07, 6.45) is 5.36. The van der Waals surface area contributed by atoms with Gasteiger partial charge in [0.25, 0.3) is 0 Å². The molecule has 2 N–H and O–H groups in total. The normalized spacial score (nSPS) is 23.4. The smallest absolute Gasteiger partial charge is 0.319 e. The lowest BCUT2D eigenvalue weighted by Gasteiger charge is -2.65. The highest BCUT2D eigenvalue weighted by molar-refractivity contribution is 7.23. The van der Waals surface area contributed by atoms with Gasteiger partial charge in [-0.3, -0.25) is 4.90 Å². The second-order valence-electron chi connectivity index (χ2n) is 15.7. The Balaban J connectivity index is 1.24. The van der Waals surface area contributed by atoms with E-state index in [9.17, 15) is 9.65 Å². The molecule has 8 rings (SSSR count). The number of likely N-dealkylation sites (tertiary alicyclic amines) is 1. The maximum Gasteiger partial charge on any atom is 0.319 e. The summed E-state index contributed by atoms with van der Waals surface area (Å²) < 4.78 is 53.5. The molecule has 0 bridgehead atoms. The number of alkyl halides is 1. The van der Waals surface area contributed by atoms with E-state index in [0.29, 0.717) is 37.3 Å². The molecule has 0 amide bonds. The first-order valence-corrected chi connectivity index (χ1v) is 19.4. The van der Waals surface area contributed by atoms with Crippen LogP contribution in [-0.2, 0) is 0 Å². The Morgan fingerprint density at radius 2 is 1.87 bits per heavy atom. The number of thiophene rings is 1. The van der Waals surface area contributed by atoms with Crippen molar-refractivity contribution in [2.75, 3.05) is 84.7 Å². The van der Waals surface area contributed by atoms with E-state index in [1.807, 2.05) is 0 Å². The van der Waals surface area contributed by atoms with Gasteiger partial charge in [-0.15, -0.1) is 17.6 Å². The van der Waals surface area contributed by atoms with Gasteiger partial charge in [0.05, 0.1) is 20.8 Å². The van der Waals surface area contributed by atoms with Crippen LogP contribution >= 0.6 is 22.9 Å².